The van der Waals surface area contributed by atoms with Gasteiger partial charge in [0, 0.05) is 17.1 Å². The van der Waals surface area contributed by atoms with Crippen LogP contribution in [0.15, 0.2) is 71.6 Å². The molecule has 5 nitrogen and oxygen atoms in total. The zero-order valence-corrected chi connectivity index (χ0v) is 17.2. The van der Waals surface area contributed by atoms with E-state index in [9.17, 15) is 17.6 Å². The molecule has 3 rings (SSSR count). The van der Waals surface area contributed by atoms with Gasteiger partial charge >= 0.3 is 0 Å². The zero-order chi connectivity index (χ0) is 21.0. The Morgan fingerprint density at radius 1 is 0.931 bits per heavy atom. The summed E-state index contributed by atoms with van der Waals surface area (Å²) < 4.78 is 41.7. The Balaban J connectivity index is 1.83. The lowest BCUT2D eigenvalue weighted by Crippen LogP contribution is -2.25. The van der Waals surface area contributed by atoms with Crippen molar-refractivity contribution in [2.45, 2.75) is 11.4 Å². The van der Waals surface area contributed by atoms with Crippen molar-refractivity contribution in [1.82, 2.24) is 4.72 Å². The first-order valence-electron chi connectivity index (χ1n) is 8.36. The minimum atomic E-state index is -4.23. The van der Waals surface area contributed by atoms with Gasteiger partial charge < -0.3 is 5.32 Å². The minimum Gasteiger partial charge on any atom is -0.321 e. The molecule has 2 N–H and O–H groups in total. The van der Waals surface area contributed by atoms with Crippen molar-refractivity contribution in [2.24, 2.45) is 0 Å². The summed E-state index contributed by atoms with van der Waals surface area (Å²) in [4.78, 5) is 11.8. The van der Waals surface area contributed by atoms with Crippen LogP contribution in [0.25, 0.3) is 0 Å². The average Bonchev–Trinajstić information content (AvgIpc) is 2.69. The van der Waals surface area contributed by atoms with Crippen LogP contribution in [0.2, 0.25) is 10.0 Å². The van der Waals surface area contributed by atoms with Crippen LogP contribution >= 0.6 is 23.2 Å². The molecule has 1 amide bonds. The smallest absolute Gasteiger partial charge is 0.255 e. The van der Waals surface area contributed by atoms with Gasteiger partial charge in [0.05, 0.1) is 10.7 Å². The van der Waals surface area contributed by atoms with Crippen molar-refractivity contribution in [3.63, 3.8) is 0 Å². The normalized spacial score (nSPS) is 11.3. The molecule has 150 valence electrons. The Bertz CT molecular complexity index is 1170. The van der Waals surface area contributed by atoms with Crippen LogP contribution in [0.3, 0.4) is 0 Å². The van der Waals surface area contributed by atoms with E-state index < -0.39 is 26.6 Å². The van der Waals surface area contributed by atoms with Crippen molar-refractivity contribution in [3.8, 4) is 0 Å². The number of sulfonamides is 1. The predicted octanol–water partition coefficient (Wildman–Crippen LogP) is 4.86. The fourth-order valence-electron chi connectivity index (χ4n) is 2.50. The van der Waals surface area contributed by atoms with Crippen LogP contribution in [-0.2, 0) is 16.6 Å². The number of hydrogen-bond acceptors (Lipinski definition) is 3. The highest BCUT2D eigenvalue weighted by Gasteiger charge is 2.21. The number of carbonyl (C=O) groups is 1. The van der Waals surface area contributed by atoms with Gasteiger partial charge in [-0.25, -0.2) is 17.5 Å². The summed E-state index contributed by atoms with van der Waals surface area (Å²) in [5.41, 5.74) is 0.847. The third-order valence-electron chi connectivity index (χ3n) is 4.02. The van der Waals surface area contributed by atoms with Crippen LogP contribution in [-0.4, -0.2) is 14.3 Å². The Morgan fingerprint density at radius 3 is 2.28 bits per heavy atom. The van der Waals surface area contributed by atoms with Gasteiger partial charge in [-0.05, 0) is 42.0 Å². The molecule has 0 fully saturated rings. The summed E-state index contributed by atoms with van der Waals surface area (Å²) in [7, 11) is -4.23. The second-order valence-corrected chi connectivity index (χ2v) is 8.54. The first-order chi connectivity index (χ1) is 13.8. The SMILES string of the molecule is O=C(Nc1ccccc1Cl)c1ccc(F)c(S(=O)(=O)NCc2ccccc2Cl)c1. The quantitative estimate of drug-likeness (QED) is 0.560. The van der Waals surface area contributed by atoms with Crippen molar-refractivity contribution in [2.75, 3.05) is 5.32 Å². The second-order valence-electron chi connectivity index (χ2n) is 6.00. The summed E-state index contributed by atoms with van der Waals surface area (Å²) in [5.74, 6) is -1.60. The van der Waals surface area contributed by atoms with E-state index in [1.54, 1.807) is 48.5 Å². The average molecular weight is 453 g/mol. The Hall–Kier alpha value is -2.45. The zero-order valence-electron chi connectivity index (χ0n) is 14.8. The van der Waals surface area contributed by atoms with E-state index in [0.717, 1.165) is 12.1 Å². The van der Waals surface area contributed by atoms with E-state index >= 15 is 0 Å². The minimum absolute atomic E-state index is 0.0376. The summed E-state index contributed by atoms with van der Waals surface area (Å²) in [5, 5.41) is 3.26. The lowest BCUT2D eigenvalue weighted by Gasteiger charge is -2.11. The van der Waals surface area contributed by atoms with E-state index in [0.29, 0.717) is 21.3 Å². The molecule has 0 aliphatic rings. The molecule has 0 heterocycles. The molecule has 9 heteroatoms. The third-order valence-corrected chi connectivity index (χ3v) is 6.13. The monoisotopic (exact) mass is 452 g/mol. The Morgan fingerprint density at radius 2 is 1.59 bits per heavy atom. The number of benzene rings is 3. The maximum Gasteiger partial charge on any atom is 0.255 e. The first-order valence-corrected chi connectivity index (χ1v) is 10.6. The van der Waals surface area contributed by atoms with Gasteiger partial charge in [-0.3, -0.25) is 4.79 Å². The van der Waals surface area contributed by atoms with Crippen molar-refractivity contribution in [1.29, 1.82) is 0 Å². The Kier molecular flexibility index (Phi) is 6.54. The van der Waals surface area contributed by atoms with Crippen LogP contribution in [0.5, 0.6) is 0 Å². The molecule has 0 aliphatic heterocycles. The van der Waals surface area contributed by atoms with Gasteiger partial charge in [0.25, 0.3) is 5.91 Å². The Labute approximate surface area is 177 Å². The number of para-hydroxylation sites is 1. The second kappa shape index (κ2) is 8.92. The van der Waals surface area contributed by atoms with E-state index in [-0.39, 0.29) is 12.1 Å². The van der Waals surface area contributed by atoms with Crippen molar-refractivity contribution < 1.29 is 17.6 Å². The molecule has 29 heavy (non-hydrogen) atoms. The van der Waals surface area contributed by atoms with Gasteiger partial charge in [0.1, 0.15) is 10.7 Å². The van der Waals surface area contributed by atoms with Crippen LogP contribution in [0, 0.1) is 5.82 Å². The molecule has 3 aromatic rings. The predicted molar refractivity (Wildman–Crippen MR) is 111 cm³/mol. The molecule has 0 aromatic heterocycles. The maximum atomic E-state index is 14.2. The summed E-state index contributed by atoms with van der Waals surface area (Å²) in [6, 6.07) is 16.3. The van der Waals surface area contributed by atoms with Gasteiger partial charge in [-0.2, -0.15) is 0 Å². The van der Waals surface area contributed by atoms with E-state index in [4.69, 9.17) is 23.2 Å². The molecule has 3 aromatic carbocycles. The molecule has 0 radical (unpaired) electrons. The number of hydrogen-bond donors (Lipinski definition) is 2. The number of carbonyl (C=O) groups excluding carboxylic acids is 1. The molecule has 0 saturated heterocycles. The highest BCUT2D eigenvalue weighted by Crippen LogP contribution is 2.23. The van der Waals surface area contributed by atoms with Crippen LogP contribution in [0.1, 0.15) is 15.9 Å². The molecule has 0 spiro atoms. The topological polar surface area (TPSA) is 75.3 Å². The maximum absolute atomic E-state index is 14.2. The fraction of sp³-hybridized carbons (Fsp3) is 0.0500. The molecule has 0 atom stereocenters. The fourth-order valence-corrected chi connectivity index (χ4v) is 3.99. The molecule has 0 unspecified atom stereocenters. The third kappa shape index (κ3) is 5.13. The van der Waals surface area contributed by atoms with Crippen molar-refractivity contribution >= 4 is 44.8 Å². The molecule has 0 bridgehead atoms. The standard InChI is InChI=1S/C20H15Cl2FN2O3S/c21-15-6-2-1-5-14(15)12-24-29(27,28)19-11-13(9-10-17(19)23)20(26)25-18-8-4-3-7-16(18)22/h1-11,24H,12H2,(H,25,26). The lowest BCUT2D eigenvalue weighted by molar-refractivity contribution is 0.102. The molecular formula is C20H15Cl2FN2O3S. The highest BCUT2D eigenvalue weighted by molar-refractivity contribution is 7.89. The van der Waals surface area contributed by atoms with Crippen LogP contribution in [0.4, 0.5) is 10.1 Å². The molecule has 0 aliphatic carbocycles. The highest BCUT2D eigenvalue weighted by atomic mass is 35.5. The van der Waals surface area contributed by atoms with E-state index in [1.807, 2.05) is 0 Å². The summed E-state index contributed by atoms with van der Waals surface area (Å²) >= 11 is 12.0. The number of rotatable bonds is 6. The van der Waals surface area contributed by atoms with Gasteiger partial charge in [0.2, 0.25) is 10.0 Å². The number of anilines is 1. The number of halogens is 3. The van der Waals surface area contributed by atoms with Gasteiger partial charge in [-0.1, -0.05) is 53.5 Å². The number of nitrogens with one attached hydrogen (secondary N) is 2. The summed E-state index contributed by atoms with van der Waals surface area (Å²) in [6.07, 6.45) is 0. The number of amides is 1. The largest absolute Gasteiger partial charge is 0.321 e. The van der Waals surface area contributed by atoms with Gasteiger partial charge in [-0.15, -0.1) is 0 Å². The summed E-state index contributed by atoms with van der Waals surface area (Å²) in [6.45, 7) is -0.127. The molecule has 0 saturated carbocycles. The van der Waals surface area contributed by atoms with E-state index in [2.05, 4.69) is 10.0 Å². The first kappa shape index (κ1) is 21.3. The van der Waals surface area contributed by atoms with Crippen molar-refractivity contribution in [3.05, 3.63) is 93.7 Å². The molecular weight excluding hydrogens is 438 g/mol. The van der Waals surface area contributed by atoms with E-state index in [1.165, 1.54) is 6.07 Å². The lowest BCUT2D eigenvalue weighted by atomic mass is 10.2. The van der Waals surface area contributed by atoms with Gasteiger partial charge in [0.15, 0.2) is 0 Å². The van der Waals surface area contributed by atoms with Crippen LogP contribution < -0.4 is 10.0 Å².